The predicted octanol–water partition coefficient (Wildman–Crippen LogP) is 6.09. The van der Waals surface area contributed by atoms with Gasteiger partial charge in [0.25, 0.3) is 0 Å². The zero-order chi connectivity index (χ0) is 31.3. The number of piperidine rings is 1. The number of nitrogens with one attached hydrogen (secondary N) is 1. The van der Waals surface area contributed by atoms with Crippen molar-refractivity contribution in [2.24, 2.45) is 0 Å². The Morgan fingerprint density at radius 3 is 2.45 bits per heavy atom. The van der Waals surface area contributed by atoms with E-state index in [-0.39, 0.29) is 18.8 Å². The number of rotatable bonds is 5. The zero-order valence-corrected chi connectivity index (χ0v) is 25.5. The van der Waals surface area contributed by atoms with E-state index in [1.807, 2.05) is 47.7 Å². The molecular weight excluding hydrogens is 560 g/mol. The first-order chi connectivity index (χ1) is 21.3. The summed E-state index contributed by atoms with van der Waals surface area (Å²) in [6.07, 6.45) is 9.52. The number of benzene rings is 1. The maximum atomic E-state index is 13.5. The molecule has 7 rings (SSSR count). The normalized spacial score (nSPS) is 17.5. The van der Waals surface area contributed by atoms with Crippen LogP contribution in [-0.2, 0) is 17.6 Å². The number of carbonyl (C=O) groups excluding carboxylic acids is 1. The molecule has 0 atom stereocenters. The molecule has 2 fully saturated rings. The largest absolute Gasteiger partial charge is 0.383 e. The van der Waals surface area contributed by atoms with Crippen LogP contribution in [0.1, 0.15) is 61.8 Å². The van der Waals surface area contributed by atoms with E-state index in [1.165, 1.54) is 11.1 Å². The fourth-order valence-electron chi connectivity index (χ4n) is 6.09. The van der Waals surface area contributed by atoms with Crippen LogP contribution < -0.4 is 11.1 Å². The molecule has 232 valence electrons. The third-order valence-corrected chi connectivity index (χ3v) is 8.54. The summed E-state index contributed by atoms with van der Waals surface area (Å²) in [6, 6.07) is 14.5. The Balaban J connectivity index is 0.000000249. The summed E-state index contributed by atoms with van der Waals surface area (Å²) in [5.74, 6) is -1.77. The maximum absolute atomic E-state index is 13.5. The van der Waals surface area contributed by atoms with Gasteiger partial charge in [-0.15, -0.1) is 6.58 Å². The van der Waals surface area contributed by atoms with E-state index in [1.54, 1.807) is 12.3 Å². The highest BCUT2D eigenvalue weighted by Crippen LogP contribution is 2.48. The number of imidazole rings is 1. The highest BCUT2D eigenvalue weighted by molar-refractivity contribution is 5.83. The molecule has 1 saturated carbocycles. The number of hydrogen-bond donors (Lipinski definition) is 2. The van der Waals surface area contributed by atoms with Crippen molar-refractivity contribution < 1.29 is 13.6 Å². The number of aromatic nitrogens is 4. The number of amides is 1. The van der Waals surface area contributed by atoms with Crippen LogP contribution in [0.2, 0.25) is 0 Å². The van der Waals surface area contributed by atoms with Crippen molar-refractivity contribution in [3.05, 3.63) is 78.1 Å². The van der Waals surface area contributed by atoms with Gasteiger partial charge in [-0.05, 0) is 93.6 Å². The van der Waals surface area contributed by atoms with Gasteiger partial charge >= 0.3 is 0 Å². The molecule has 1 amide bonds. The average molecular weight is 602 g/mol. The van der Waals surface area contributed by atoms with E-state index in [0.717, 1.165) is 62.9 Å². The number of alkyl halides is 2. The number of pyridine rings is 2. The van der Waals surface area contributed by atoms with Crippen LogP contribution >= 0.6 is 0 Å². The first-order valence-corrected chi connectivity index (χ1v) is 15.3. The summed E-state index contributed by atoms with van der Waals surface area (Å²) in [5, 5.41) is 3.21. The molecular formula is C34H41F2N7O. The number of nitrogens with two attached hydrogens (primary N) is 1. The van der Waals surface area contributed by atoms with E-state index in [0.29, 0.717) is 34.5 Å². The fraction of sp³-hybridized carbons (Fsp3) is 0.412. The second kappa shape index (κ2) is 13.6. The Bertz CT molecular complexity index is 1600. The smallest absolute Gasteiger partial charge is 0.249 e. The van der Waals surface area contributed by atoms with Gasteiger partial charge in [-0.1, -0.05) is 12.1 Å². The van der Waals surface area contributed by atoms with Gasteiger partial charge in [-0.2, -0.15) is 0 Å². The fourth-order valence-corrected chi connectivity index (χ4v) is 6.09. The van der Waals surface area contributed by atoms with Gasteiger partial charge in [0.15, 0.2) is 11.5 Å². The number of aryl methyl sites for hydroxylation is 2. The second-order valence-corrected chi connectivity index (χ2v) is 11.7. The zero-order valence-electron chi connectivity index (χ0n) is 25.5. The van der Waals surface area contributed by atoms with E-state index < -0.39 is 5.92 Å². The Kier molecular flexibility index (Phi) is 9.68. The lowest BCUT2D eigenvalue weighted by molar-refractivity contribution is -0.119. The van der Waals surface area contributed by atoms with Gasteiger partial charge in [0.1, 0.15) is 11.3 Å². The molecule has 1 aliphatic heterocycles. The molecule has 3 N–H and O–H groups in total. The topological polar surface area (TPSA) is 102 Å². The standard InChI is InChI=1S/C24H21F2N5.C7H14N2O.C3H6/c25-24(26)12-16(13-24)19-8-9-20-23(29-19)31(17-7-6-14-3-1-4-15(14)11-17)22(30-20)18-5-2-10-28-21(18)27;1-8-7-2-4-9(6-10)5-3-7;1-3-2/h2,5-11,16H,1,3-4,12-13H2,(H2,27,28);6-8H,2-5H2,1H3;3H,1H2,2H3. The lowest BCUT2D eigenvalue weighted by atomic mass is 9.79. The molecule has 1 saturated heterocycles. The number of allylic oxidation sites excluding steroid dienone is 1. The number of carbonyl (C=O) groups is 1. The first-order valence-electron chi connectivity index (χ1n) is 15.3. The number of fused-ring (bicyclic) bond motifs is 2. The lowest BCUT2D eigenvalue weighted by Crippen LogP contribution is -2.40. The van der Waals surface area contributed by atoms with Crippen LogP contribution in [0.15, 0.2) is 61.3 Å². The minimum atomic E-state index is -2.59. The predicted molar refractivity (Wildman–Crippen MR) is 171 cm³/mol. The Morgan fingerprint density at radius 1 is 1.07 bits per heavy atom. The van der Waals surface area contributed by atoms with Gasteiger partial charge in [0.05, 0.1) is 5.56 Å². The molecule has 4 heterocycles. The van der Waals surface area contributed by atoms with E-state index >= 15 is 0 Å². The molecule has 44 heavy (non-hydrogen) atoms. The lowest BCUT2D eigenvalue weighted by Gasteiger charge is -2.34. The van der Waals surface area contributed by atoms with Crippen LogP contribution in [0, 0.1) is 0 Å². The van der Waals surface area contributed by atoms with Crippen LogP contribution in [0.3, 0.4) is 0 Å². The second-order valence-electron chi connectivity index (χ2n) is 11.7. The molecule has 8 nitrogen and oxygen atoms in total. The van der Waals surface area contributed by atoms with Crippen LogP contribution in [0.5, 0.6) is 0 Å². The number of nitrogens with zero attached hydrogens (tertiary/aromatic N) is 5. The SMILES string of the molecule is C=CC.CNC1CCN(C=O)CC1.Nc1ncccc1-c1nc2ccc(C3CC(F)(F)C3)nc2n1-c1ccc2c(c1)CCC2. The molecule has 0 bridgehead atoms. The molecule has 3 aromatic heterocycles. The maximum Gasteiger partial charge on any atom is 0.249 e. The van der Waals surface area contributed by atoms with Crippen LogP contribution in [-0.4, -0.2) is 62.9 Å². The number of halogens is 2. The Hall–Kier alpha value is -4.18. The van der Waals surface area contributed by atoms with Crippen molar-refractivity contribution in [1.82, 2.24) is 29.7 Å². The molecule has 1 aromatic carbocycles. The molecule has 0 spiro atoms. The summed E-state index contributed by atoms with van der Waals surface area (Å²) in [7, 11) is 1.97. The Labute approximate surface area is 257 Å². The quantitative estimate of drug-likeness (QED) is 0.212. The van der Waals surface area contributed by atoms with E-state index in [9.17, 15) is 13.6 Å². The number of nitrogen functional groups attached to an aromatic ring is 1. The first kappa shape index (κ1) is 31.3. The number of hydrogen-bond acceptors (Lipinski definition) is 6. The van der Waals surface area contributed by atoms with Gasteiger partial charge in [-0.25, -0.2) is 23.7 Å². The minimum Gasteiger partial charge on any atom is -0.383 e. The molecule has 0 unspecified atom stereocenters. The summed E-state index contributed by atoms with van der Waals surface area (Å²) in [6.45, 7) is 7.07. The van der Waals surface area contributed by atoms with Crippen LogP contribution in [0.25, 0.3) is 28.2 Å². The molecule has 2 aliphatic carbocycles. The molecule has 10 heteroatoms. The Morgan fingerprint density at radius 2 is 1.80 bits per heavy atom. The average Bonchev–Trinajstić information content (AvgIpc) is 3.64. The van der Waals surface area contributed by atoms with Crippen molar-refractivity contribution in [2.45, 2.75) is 69.8 Å². The monoisotopic (exact) mass is 601 g/mol. The van der Waals surface area contributed by atoms with Crippen molar-refractivity contribution in [1.29, 1.82) is 0 Å². The summed E-state index contributed by atoms with van der Waals surface area (Å²) < 4.78 is 28.9. The molecule has 0 radical (unpaired) electrons. The van der Waals surface area contributed by atoms with Gasteiger partial charge in [0.2, 0.25) is 12.3 Å². The van der Waals surface area contributed by atoms with Crippen molar-refractivity contribution in [3.63, 3.8) is 0 Å². The van der Waals surface area contributed by atoms with Gasteiger partial charge < -0.3 is 16.0 Å². The third kappa shape index (κ3) is 6.80. The summed E-state index contributed by atoms with van der Waals surface area (Å²) in [4.78, 5) is 25.9. The summed E-state index contributed by atoms with van der Waals surface area (Å²) >= 11 is 0. The van der Waals surface area contributed by atoms with Gasteiger partial charge in [0, 0.05) is 55.5 Å². The van der Waals surface area contributed by atoms with Crippen LogP contribution in [0.4, 0.5) is 14.6 Å². The van der Waals surface area contributed by atoms with Gasteiger partial charge in [-0.3, -0.25) is 9.36 Å². The van der Waals surface area contributed by atoms with Crippen molar-refractivity contribution in [3.8, 4) is 17.1 Å². The summed E-state index contributed by atoms with van der Waals surface area (Å²) in [5.41, 5.74) is 12.6. The van der Waals surface area contributed by atoms with E-state index in [2.05, 4.69) is 35.1 Å². The van der Waals surface area contributed by atoms with Crippen molar-refractivity contribution in [2.75, 3.05) is 25.9 Å². The highest BCUT2D eigenvalue weighted by atomic mass is 19.3. The third-order valence-electron chi connectivity index (χ3n) is 8.54. The minimum absolute atomic E-state index is 0.152. The highest BCUT2D eigenvalue weighted by Gasteiger charge is 2.46. The number of likely N-dealkylation sites (tertiary alicyclic amines) is 1. The molecule has 3 aliphatic rings. The molecule has 4 aromatic rings. The number of anilines is 1. The van der Waals surface area contributed by atoms with E-state index in [4.69, 9.17) is 15.7 Å². The van der Waals surface area contributed by atoms with Crippen molar-refractivity contribution >= 4 is 23.4 Å².